The van der Waals surface area contributed by atoms with Crippen LogP contribution in [0, 0.1) is 0 Å². The van der Waals surface area contributed by atoms with Crippen molar-refractivity contribution in [1.82, 2.24) is 14.7 Å². The molecule has 0 atom stereocenters. The summed E-state index contributed by atoms with van der Waals surface area (Å²) in [7, 11) is 3.90. The summed E-state index contributed by atoms with van der Waals surface area (Å²) in [5.74, 6) is 0.494. The first-order chi connectivity index (χ1) is 15.2. The first-order valence-corrected chi connectivity index (χ1v) is 10.6. The molecule has 1 fully saturated rings. The van der Waals surface area contributed by atoms with Crippen molar-refractivity contribution in [3.05, 3.63) is 59.9 Å². The number of imidazole rings is 1. The number of hydrogen-bond donors (Lipinski definition) is 2. The van der Waals surface area contributed by atoms with Crippen molar-refractivity contribution >= 4 is 23.1 Å². The number of aromatic nitrogens is 2. The molecule has 2 heterocycles. The highest BCUT2D eigenvalue weighted by atomic mass is 19.4. The molecule has 2 aromatic heterocycles. The second kappa shape index (κ2) is 8.72. The van der Waals surface area contributed by atoms with Gasteiger partial charge in [-0.3, -0.25) is 9.20 Å². The first-order valence-electron chi connectivity index (χ1n) is 10.6. The molecule has 2 N–H and O–H groups in total. The molecule has 170 valence electrons. The van der Waals surface area contributed by atoms with Crippen molar-refractivity contribution in [2.45, 2.75) is 43.9 Å². The fraction of sp³-hybridized carbons (Fsp3) is 0.391. The zero-order valence-corrected chi connectivity index (χ0v) is 18.0. The van der Waals surface area contributed by atoms with Crippen LogP contribution in [0.2, 0.25) is 0 Å². The van der Waals surface area contributed by atoms with Crippen LogP contribution in [0.5, 0.6) is 0 Å². The molecular weight excluding hydrogens is 419 g/mol. The van der Waals surface area contributed by atoms with E-state index in [1.54, 1.807) is 18.2 Å². The Hall–Kier alpha value is -3.23. The topological polar surface area (TPSA) is 61.7 Å². The van der Waals surface area contributed by atoms with Crippen LogP contribution in [0.15, 0.2) is 48.7 Å². The third kappa shape index (κ3) is 4.81. The molecule has 1 aliphatic carbocycles. The quantitative estimate of drug-likeness (QED) is 0.604. The number of rotatable bonds is 5. The van der Waals surface area contributed by atoms with Crippen molar-refractivity contribution in [2.75, 3.05) is 24.3 Å². The fourth-order valence-electron chi connectivity index (χ4n) is 4.04. The summed E-state index contributed by atoms with van der Waals surface area (Å²) in [5, 5.41) is 6.45. The minimum absolute atomic E-state index is 0.0787. The Balaban J connectivity index is 1.34. The van der Waals surface area contributed by atoms with Crippen LogP contribution in [-0.4, -0.2) is 41.5 Å². The summed E-state index contributed by atoms with van der Waals surface area (Å²) in [6, 6.07) is 12.7. The van der Waals surface area contributed by atoms with E-state index in [1.165, 1.54) is 4.40 Å². The van der Waals surface area contributed by atoms with Gasteiger partial charge in [-0.05, 0) is 62.1 Å². The van der Waals surface area contributed by atoms with Gasteiger partial charge < -0.3 is 15.5 Å². The van der Waals surface area contributed by atoms with Crippen LogP contribution in [0.1, 0.15) is 41.7 Å². The lowest BCUT2D eigenvalue weighted by Crippen LogP contribution is -2.40. The van der Waals surface area contributed by atoms with Gasteiger partial charge in [-0.1, -0.05) is 6.07 Å². The molecule has 0 saturated heterocycles. The maximum Gasteiger partial charge on any atom is 0.434 e. The maximum atomic E-state index is 13.0. The van der Waals surface area contributed by atoms with E-state index in [1.807, 2.05) is 43.3 Å². The molecule has 0 unspecified atom stereocenters. The number of amides is 1. The van der Waals surface area contributed by atoms with Crippen LogP contribution in [0.25, 0.3) is 5.65 Å². The molecule has 9 heteroatoms. The molecule has 1 aromatic carbocycles. The van der Waals surface area contributed by atoms with Crippen LogP contribution in [0.3, 0.4) is 0 Å². The third-order valence-corrected chi connectivity index (χ3v) is 5.84. The summed E-state index contributed by atoms with van der Waals surface area (Å²) in [6.45, 7) is 0. The van der Waals surface area contributed by atoms with Gasteiger partial charge in [0, 0.05) is 43.6 Å². The zero-order valence-electron chi connectivity index (χ0n) is 18.0. The normalized spacial score (nSPS) is 19.0. The minimum atomic E-state index is -4.48. The Morgan fingerprint density at radius 2 is 1.69 bits per heavy atom. The summed E-state index contributed by atoms with van der Waals surface area (Å²) in [4.78, 5) is 18.2. The fourth-order valence-corrected chi connectivity index (χ4v) is 4.04. The highest BCUT2D eigenvalue weighted by molar-refractivity contribution is 5.94. The number of carbonyl (C=O) groups is 1. The van der Waals surface area contributed by atoms with E-state index in [0.717, 1.165) is 37.6 Å². The van der Waals surface area contributed by atoms with Crippen LogP contribution in [0.4, 0.5) is 24.7 Å². The van der Waals surface area contributed by atoms with Gasteiger partial charge in [0.15, 0.2) is 5.69 Å². The Bertz CT molecular complexity index is 1080. The Labute approximate surface area is 184 Å². The molecular formula is C23H26F3N5O. The summed E-state index contributed by atoms with van der Waals surface area (Å²) < 4.78 is 40.5. The molecule has 0 aliphatic heterocycles. The second-order valence-corrected chi connectivity index (χ2v) is 8.37. The highest BCUT2D eigenvalue weighted by Gasteiger charge is 2.34. The van der Waals surface area contributed by atoms with E-state index in [-0.39, 0.29) is 23.6 Å². The predicted molar refractivity (Wildman–Crippen MR) is 118 cm³/mol. The van der Waals surface area contributed by atoms with Crippen molar-refractivity contribution in [2.24, 2.45) is 0 Å². The van der Waals surface area contributed by atoms with E-state index in [2.05, 4.69) is 15.6 Å². The number of halogens is 3. The van der Waals surface area contributed by atoms with Gasteiger partial charge in [0.2, 0.25) is 0 Å². The van der Waals surface area contributed by atoms with Crippen molar-refractivity contribution in [3.63, 3.8) is 0 Å². The zero-order chi connectivity index (χ0) is 22.9. The average molecular weight is 445 g/mol. The number of nitrogens with zero attached hydrogens (tertiary/aromatic N) is 3. The molecule has 4 rings (SSSR count). The number of alkyl halides is 3. The lowest BCUT2D eigenvalue weighted by molar-refractivity contribution is -0.140. The van der Waals surface area contributed by atoms with Gasteiger partial charge >= 0.3 is 6.18 Å². The van der Waals surface area contributed by atoms with Crippen LogP contribution < -0.4 is 15.5 Å². The number of pyridine rings is 1. The van der Waals surface area contributed by atoms with Gasteiger partial charge in [0.25, 0.3) is 5.91 Å². The Morgan fingerprint density at radius 1 is 1.03 bits per heavy atom. The molecule has 6 nitrogen and oxygen atoms in total. The molecule has 1 amide bonds. The van der Waals surface area contributed by atoms with E-state index < -0.39 is 11.9 Å². The van der Waals surface area contributed by atoms with Crippen LogP contribution in [-0.2, 0) is 6.18 Å². The van der Waals surface area contributed by atoms with Crippen molar-refractivity contribution in [3.8, 4) is 0 Å². The van der Waals surface area contributed by atoms with Gasteiger partial charge in [-0.15, -0.1) is 0 Å². The molecule has 1 aliphatic rings. The van der Waals surface area contributed by atoms with Crippen molar-refractivity contribution in [1.29, 1.82) is 0 Å². The third-order valence-electron chi connectivity index (χ3n) is 5.84. The van der Waals surface area contributed by atoms with E-state index >= 15 is 0 Å². The maximum absolute atomic E-state index is 13.0. The Kier molecular flexibility index (Phi) is 5.99. The number of carbonyl (C=O) groups excluding carboxylic acids is 1. The van der Waals surface area contributed by atoms with Crippen LogP contribution >= 0.6 is 0 Å². The number of nitrogens with one attached hydrogen (secondary N) is 2. The number of anilines is 2. The molecule has 0 radical (unpaired) electrons. The number of fused-ring (bicyclic) bond motifs is 1. The molecule has 0 spiro atoms. The second-order valence-electron chi connectivity index (χ2n) is 8.37. The summed E-state index contributed by atoms with van der Waals surface area (Å²) >= 11 is 0. The standard InChI is InChI=1S/C23H26F3N5O/c1-30(2)18-12-6-15(7-13-18)22(32)28-17-10-8-16(9-11-17)27-20-4-3-5-21-29-19(14-31(20)21)23(24,25)26/h3-7,12-14,16-17,27H,8-11H2,1-2H3,(H,28,32)/t16-,17+. The summed E-state index contributed by atoms with van der Waals surface area (Å²) in [6.07, 6.45) is -0.249. The van der Waals surface area contributed by atoms with E-state index in [4.69, 9.17) is 0 Å². The number of hydrogen-bond acceptors (Lipinski definition) is 4. The molecule has 1 saturated carbocycles. The molecule has 0 bridgehead atoms. The molecule has 32 heavy (non-hydrogen) atoms. The van der Waals surface area contributed by atoms with E-state index in [0.29, 0.717) is 11.4 Å². The monoisotopic (exact) mass is 445 g/mol. The average Bonchev–Trinajstić information content (AvgIpc) is 3.21. The smallest absolute Gasteiger partial charge is 0.378 e. The lowest BCUT2D eigenvalue weighted by atomic mass is 9.91. The Morgan fingerprint density at radius 3 is 2.31 bits per heavy atom. The van der Waals surface area contributed by atoms with Crippen molar-refractivity contribution < 1.29 is 18.0 Å². The summed E-state index contributed by atoms with van der Waals surface area (Å²) in [5.41, 5.74) is 1.01. The minimum Gasteiger partial charge on any atom is -0.378 e. The number of benzene rings is 1. The van der Waals surface area contributed by atoms with Gasteiger partial charge in [0.05, 0.1) is 0 Å². The predicted octanol–water partition coefficient (Wildman–Crippen LogP) is 4.57. The highest BCUT2D eigenvalue weighted by Crippen LogP contribution is 2.30. The van der Waals surface area contributed by atoms with Gasteiger partial charge in [-0.25, -0.2) is 4.98 Å². The van der Waals surface area contributed by atoms with E-state index in [9.17, 15) is 18.0 Å². The molecule has 3 aromatic rings. The van der Waals surface area contributed by atoms with Gasteiger partial charge in [-0.2, -0.15) is 13.2 Å². The lowest BCUT2D eigenvalue weighted by Gasteiger charge is -2.30. The largest absolute Gasteiger partial charge is 0.434 e. The first kappa shape index (κ1) is 22.0. The van der Waals surface area contributed by atoms with Gasteiger partial charge in [0.1, 0.15) is 11.5 Å². The SMILES string of the molecule is CN(C)c1ccc(C(=O)N[C@H]2CC[C@@H](Nc3cccc4nc(C(F)(F)F)cn34)CC2)cc1.